The Balaban J connectivity index is 1.38. The zero-order valence-corrected chi connectivity index (χ0v) is 14.6. The predicted molar refractivity (Wildman–Crippen MR) is 99.2 cm³/mol. The fraction of sp³-hybridized carbons (Fsp3) is 0.421. The van der Waals surface area contributed by atoms with Crippen molar-refractivity contribution < 1.29 is 0 Å². The summed E-state index contributed by atoms with van der Waals surface area (Å²) >= 11 is 0. The van der Waals surface area contributed by atoms with Crippen LogP contribution < -0.4 is 5.32 Å². The first-order chi connectivity index (χ1) is 12.3. The van der Waals surface area contributed by atoms with Gasteiger partial charge in [0.25, 0.3) is 0 Å². The Morgan fingerprint density at radius 2 is 2.04 bits per heavy atom. The van der Waals surface area contributed by atoms with Gasteiger partial charge in [-0.3, -0.25) is 4.99 Å². The van der Waals surface area contributed by atoms with Gasteiger partial charge in [0.1, 0.15) is 5.82 Å². The molecule has 1 N–H and O–H groups in total. The molecule has 1 aromatic carbocycles. The fourth-order valence-electron chi connectivity index (χ4n) is 3.61. The molecule has 130 valence electrons. The Morgan fingerprint density at radius 1 is 1.16 bits per heavy atom. The summed E-state index contributed by atoms with van der Waals surface area (Å²) in [6.07, 6.45) is 5.55. The highest BCUT2D eigenvalue weighted by molar-refractivity contribution is 5.81. The van der Waals surface area contributed by atoms with E-state index < -0.39 is 0 Å². The van der Waals surface area contributed by atoms with Crippen LogP contribution in [0.25, 0.3) is 5.57 Å². The van der Waals surface area contributed by atoms with E-state index in [0.29, 0.717) is 6.54 Å². The smallest absolute Gasteiger partial charge is 0.194 e. The first-order valence-corrected chi connectivity index (χ1v) is 8.96. The molecule has 4 rings (SSSR count). The monoisotopic (exact) mass is 336 g/mol. The second kappa shape index (κ2) is 7.09. The molecule has 6 heteroatoms. The van der Waals surface area contributed by atoms with Crippen LogP contribution in [0.2, 0.25) is 0 Å². The van der Waals surface area contributed by atoms with E-state index in [1.807, 2.05) is 7.05 Å². The molecule has 1 aromatic heterocycles. The highest BCUT2D eigenvalue weighted by Crippen LogP contribution is 2.22. The van der Waals surface area contributed by atoms with E-state index in [-0.39, 0.29) is 0 Å². The van der Waals surface area contributed by atoms with Gasteiger partial charge in [0.05, 0.1) is 6.54 Å². The Kier molecular flexibility index (Phi) is 4.50. The second-order valence-corrected chi connectivity index (χ2v) is 6.48. The van der Waals surface area contributed by atoms with Crippen LogP contribution in [0.5, 0.6) is 0 Å². The Labute approximate surface area is 148 Å². The van der Waals surface area contributed by atoms with Crippen molar-refractivity contribution in [1.82, 2.24) is 25.0 Å². The summed E-state index contributed by atoms with van der Waals surface area (Å²) in [6, 6.07) is 10.6. The molecule has 0 amide bonds. The third-order valence-electron chi connectivity index (χ3n) is 4.96. The van der Waals surface area contributed by atoms with Gasteiger partial charge in [-0.2, -0.15) is 0 Å². The Hall–Kier alpha value is -2.63. The molecule has 0 atom stereocenters. The van der Waals surface area contributed by atoms with E-state index in [9.17, 15) is 0 Å². The van der Waals surface area contributed by atoms with E-state index >= 15 is 0 Å². The lowest BCUT2D eigenvalue weighted by Crippen LogP contribution is -2.43. The number of fused-ring (bicyclic) bond motifs is 1. The van der Waals surface area contributed by atoms with Gasteiger partial charge in [0.15, 0.2) is 11.8 Å². The maximum absolute atomic E-state index is 4.45. The van der Waals surface area contributed by atoms with Crippen molar-refractivity contribution in [1.29, 1.82) is 0 Å². The van der Waals surface area contributed by atoms with Crippen molar-refractivity contribution in [3.63, 3.8) is 0 Å². The number of hydrogen-bond acceptors (Lipinski definition) is 3. The van der Waals surface area contributed by atoms with Crippen LogP contribution in [-0.2, 0) is 19.5 Å². The van der Waals surface area contributed by atoms with Crippen molar-refractivity contribution in [2.24, 2.45) is 4.99 Å². The van der Waals surface area contributed by atoms with E-state index in [1.165, 1.54) is 17.6 Å². The van der Waals surface area contributed by atoms with Gasteiger partial charge >= 0.3 is 0 Å². The highest BCUT2D eigenvalue weighted by atomic mass is 15.3. The van der Waals surface area contributed by atoms with Crippen molar-refractivity contribution >= 4 is 11.5 Å². The molecular weight excluding hydrogens is 312 g/mol. The molecular formula is C19H24N6. The zero-order valence-electron chi connectivity index (χ0n) is 14.6. The summed E-state index contributed by atoms with van der Waals surface area (Å²) in [4.78, 5) is 6.73. The molecule has 0 saturated heterocycles. The number of hydrogen-bond donors (Lipinski definition) is 1. The summed E-state index contributed by atoms with van der Waals surface area (Å²) in [6.45, 7) is 3.55. The van der Waals surface area contributed by atoms with Crippen LogP contribution in [-0.4, -0.2) is 45.8 Å². The molecule has 0 radical (unpaired) electrons. The normalized spacial score (nSPS) is 17.4. The molecule has 3 heterocycles. The molecule has 0 bridgehead atoms. The van der Waals surface area contributed by atoms with Gasteiger partial charge in [-0.1, -0.05) is 36.4 Å². The third-order valence-corrected chi connectivity index (χ3v) is 4.96. The topological polar surface area (TPSA) is 58.3 Å². The molecule has 0 saturated carbocycles. The number of aromatic nitrogens is 3. The number of aliphatic imine (C=N–C) groups is 1. The maximum Gasteiger partial charge on any atom is 0.194 e. The van der Waals surface area contributed by atoms with Gasteiger partial charge in [-0.15, -0.1) is 10.2 Å². The molecule has 2 aliphatic rings. The lowest BCUT2D eigenvalue weighted by molar-refractivity contribution is 0.438. The first-order valence-electron chi connectivity index (χ1n) is 8.96. The molecule has 0 aliphatic carbocycles. The lowest BCUT2D eigenvalue weighted by Gasteiger charge is -2.29. The number of aryl methyl sites for hydroxylation is 1. The van der Waals surface area contributed by atoms with E-state index in [1.54, 1.807) is 0 Å². The Morgan fingerprint density at radius 3 is 2.80 bits per heavy atom. The van der Waals surface area contributed by atoms with Crippen molar-refractivity contribution in [2.75, 3.05) is 20.1 Å². The summed E-state index contributed by atoms with van der Waals surface area (Å²) in [5, 5.41) is 12.0. The van der Waals surface area contributed by atoms with Gasteiger partial charge in [-0.05, 0) is 24.0 Å². The van der Waals surface area contributed by atoms with Crippen LogP contribution in [0, 0.1) is 0 Å². The van der Waals surface area contributed by atoms with Gasteiger partial charge in [-0.25, -0.2) is 0 Å². The van der Waals surface area contributed by atoms with Crippen LogP contribution in [0.3, 0.4) is 0 Å². The highest BCUT2D eigenvalue weighted by Gasteiger charge is 2.19. The largest absolute Gasteiger partial charge is 0.349 e. The average Bonchev–Trinajstić information content (AvgIpc) is 3.28. The third kappa shape index (κ3) is 3.29. The summed E-state index contributed by atoms with van der Waals surface area (Å²) in [7, 11) is 1.84. The minimum absolute atomic E-state index is 0.672. The number of rotatable bonds is 3. The first kappa shape index (κ1) is 15.9. The zero-order chi connectivity index (χ0) is 17.1. The van der Waals surface area contributed by atoms with Crippen molar-refractivity contribution in [2.45, 2.75) is 32.4 Å². The summed E-state index contributed by atoms with van der Waals surface area (Å²) in [5.74, 6) is 3.05. The second-order valence-electron chi connectivity index (χ2n) is 6.48. The van der Waals surface area contributed by atoms with Crippen molar-refractivity contribution in [3.8, 4) is 0 Å². The number of benzene rings is 1. The number of nitrogens with zero attached hydrogens (tertiary/aromatic N) is 5. The van der Waals surface area contributed by atoms with Crippen LogP contribution in [0.15, 0.2) is 41.4 Å². The molecule has 0 fully saturated rings. The maximum atomic E-state index is 4.45. The molecule has 0 spiro atoms. The minimum atomic E-state index is 0.672. The number of nitrogens with one attached hydrogen (secondary N) is 1. The molecule has 2 aromatic rings. The quantitative estimate of drug-likeness (QED) is 0.689. The number of guanidine groups is 1. The average molecular weight is 336 g/mol. The standard InChI is InChI=1S/C19H24N6/c1-20-19(21-14-18-23-22-17-8-5-11-25(17)18)24-12-9-16(10-13-24)15-6-3-2-4-7-15/h2-4,6-7,9H,5,8,10-14H2,1H3,(H,20,21). The van der Waals surface area contributed by atoms with Gasteiger partial charge < -0.3 is 14.8 Å². The van der Waals surface area contributed by atoms with Gasteiger partial charge in [0.2, 0.25) is 0 Å². The fourth-order valence-corrected chi connectivity index (χ4v) is 3.61. The lowest BCUT2D eigenvalue weighted by atomic mass is 10.00. The summed E-state index contributed by atoms with van der Waals surface area (Å²) in [5.41, 5.74) is 2.74. The van der Waals surface area contributed by atoms with E-state index in [4.69, 9.17) is 0 Å². The van der Waals surface area contributed by atoms with Gasteiger partial charge in [0, 0.05) is 33.1 Å². The van der Waals surface area contributed by atoms with E-state index in [2.05, 4.69) is 66.4 Å². The molecule has 25 heavy (non-hydrogen) atoms. The van der Waals surface area contributed by atoms with Crippen LogP contribution in [0.1, 0.15) is 30.1 Å². The van der Waals surface area contributed by atoms with Crippen LogP contribution in [0.4, 0.5) is 0 Å². The minimum Gasteiger partial charge on any atom is -0.349 e. The van der Waals surface area contributed by atoms with E-state index in [0.717, 1.165) is 50.1 Å². The predicted octanol–water partition coefficient (Wildman–Crippen LogP) is 2.09. The molecule has 6 nitrogen and oxygen atoms in total. The summed E-state index contributed by atoms with van der Waals surface area (Å²) < 4.78 is 2.23. The molecule has 2 aliphatic heterocycles. The SMILES string of the molecule is CN=C(NCc1nnc2n1CCC2)N1CC=C(c2ccccc2)CC1. The van der Waals surface area contributed by atoms with Crippen molar-refractivity contribution in [3.05, 3.63) is 53.6 Å². The Bertz CT molecular complexity index is 790. The molecule has 0 unspecified atom stereocenters. The van der Waals surface area contributed by atoms with Crippen LogP contribution >= 0.6 is 0 Å².